The number of halogens is 2. The first-order valence-corrected chi connectivity index (χ1v) is 10.8. The average Bonchev–Trinajstić information content (AvgIpc) is 3.08. The van der Waals surface area contributed by atoms with Gasteiger partial charge in [0.1, 0.15) is 19.0 Å². The lowest BCUT2D eigenvalue weighted by Crippen LogP contribution is -2.40. The summed E-state index contributed by atoms with van der Waals surface area (Å²) in [5.74, 6) is 0.423. The van der Waals surface area contributed by atoms with Gasteiger partial charge in [-0.25, -0.2) is 9.69 Å². The van der Waals surface area contributed by atoms with Crippen molar-refractivity contribution in [3.05, 3.63) is 68.6 Å². The summed E-state index contributed by atoms with van der Waals surface area (Å²) in [6.45, 7) is 4.60. The zero-order valence-corrected chi connectivity index (χ0v) is 19.3. The maximum atomic E-state index is 12.5. The molecule has 0 spiro atoms. The summed E-state index contributed by atoms with van der Waals surface area (Å²) in [5, 5.41) is 0. The van der Waals surface area contributed by atoms with Crippen LogP contribution in [0.1, 0.15) is 25.0 Å². The number of hydrogen-bond acceptors (Lipinski definition) is 4. The van der Waals surface area contributed by atoms with E-state index in [4.69, 9.17) is 9.47 Å². The highest BCUT2D eigenvalue weighted by molar-refractivity contribution is 9.11. The van der Waals surface area contributed by atoms with Crippen LogP contribution >= 0.6 is 31.9 Å². The number of nitrogens with zero attached hydrogens (tertiary/aromatic N) is 1. The van der Waals surface area contributed by atoms with Gasteiger partial charge >= 0.3 is 6.09 Å². The van der Waals surface area contributed by atoms with Crippen LogP contribution < -0.4 is 4.74 Å². The minimum absolute atomic E-state index is 0.128. The molecule has 0 bridgehead atoms. The molecule has 2 aromatic carbocycles. The molecule has 5 nitrogen and oxygen atoms in total. The first-order chi connectivity index (χ1) is 13.9. The molecule has 1 heterocycles. The van der Waals surface area contributed by atoms with Crippen LogP contribution in [0.25, 0.3) is 6.08 Å². The molecular formula is C22H21Br2NO4. The Morgan fingerprint density at radius 3 is 2.52 bits per heavy atom. The summed E-state index contributed by atoms with van der Waals surface area (Å²) in [7, 11) is 0. The molecule has 0 unspecified atom stereocenters. The van der Waals surface area contributed by atoms with Gasteiger partial charge in [0.2, 0.25) is 0 Å². The van der Waals surface area contributed by atoms with Crippen molar-refractivity contribution in [2.75, 3.05) is 6.61 Å². The fraction of sp³-hybridized carbons (Fsp3) is 0.273. The molecule has 7 heteroatoms. The summed E-state index contributed by atoms with van der Waals surface area (Å²) in [5.41, 5.74) is 1.86. The van der Waals surface area contributed by atoms with Gasteiger partial charge in [-0.2, -0.15) is 0 Å². The number of carbonyl (C=O) groups excluding carboxylic acids is 2. The zero-order valence-electron chi connectivity index (χ0n) is 16.1. The summed E-state index contributed by atoms with van der Waals surface area (Å²) in [4.78, 5) is 25.6. The Morgan fingerprint density at radius 1 is 1.24 bits per heavy atom. The van der Waals surface area contributed by atoms with Gasteiger partial charge in [-0.05, 0) is 67.1 Å². The fourth-order valence-electron chi connectivity index (χ4n) is 2.97. The molecule has 1 atom stereocenters. The average molecular weight is 523 g/mol. The van der Waals surface area contributed by atoms with E-state index in [-0.39, 0.29) is 24.5 Å². The third kappa shape index (κ3) is 5.28. The largest absolute Gasteiger partial charge is 0.487 e. The van der Waals surface area contributed by atoms with Crippen molar-refractivity contribution in [2.24, 2.45) is 5.92 Å². The Kier molecular flexibility index (Phi) is 7.14. The van der Waals surface area contributed by atoms with Crippen LogP contribution in [-0.2, 0) is 16.1 Å². The molecule has 1 aliphatic rings. The van der Waals surface area contributed by atoms with Crippen LogP contribution in [0.3, 0.4) is 0 Å². The molecule has 29 heavy (non-hydrogen) atoms. The zero-order chi connectivity index (χ0) is 21.0. The Labute approximate surface area is 186 Å². The molecule has 0 N–H and O–H groups in total. The smallest absolute Gasteiger partial charge is 0.417 e. The Bertz CT molecular complexity index is 905. The minimum Gasteiger partial charge on any atom is -0.487 e. The number of imide groups is 1. The van der Waals surface area contributed by atoms with Crippen molar-refractivity contribution in [1.29, 1.82) is 0 Å². The standard InChI is InChI=1S/C22H21Br2NO4/c1-14(2)19-13-29-22(27)25(19)20(26)9-8-16-10-17(23)21(18(24)11-16)28-12-15-6-4-3-5-7-15/h3-11,14,19H,12-13H2,1-2H3/b9-8+/t19-/m1/s1. The maximum Gasteiger partial charge on any atom is 0.417 e. The third-order valence-corrected chi connectivity index (χ3v) is 5.76. The van der Waals surface area contributed by atoms with Crippen molar-refractivity contribution in [3.8, 4) is 5.75 Å². The first-order valence-electron chi connectivity index (χ1n) is 9.20. The molecular weight excluding hydrogens is 502 g/mol. The van der Waals surface area contributed by atoms with Gasteiger partial charge in [0.05, 0.1) is 15.0 Å². The summed E-state index contributed by atoms with van der Waals surface area (Å²) in [6.07, 6.45) is 2.47. The SMILES string of the molecule is CC(C)[C@H]1COC(=O)N1C(=O)/C=C/c1cc(Br)c(OCc2ccccc2)c(Br)c1. The lowest BCUT2D eigenvalue weighted by Gasteiger charge is -2.21. The van der Waals surface area contributed by atoms with E-state index in [0.29, 0.717) is 12.4 Å². The summed E-state index contributed by atoms with van der Waals surface area (Å²) in [6, 6.07) is 13.4. The van der Waals surface area contributed by atoms with Crippen LogP contribution in [0.4, 0.5) is 4.79 Å². The molecule has 0 aliphatic carbocycles. The van der Waals surface area contributed by atoms with E-state index >= 15 is 0 Å². The van der Waals surface area contributed by atoms with Crippen molar-refractivity contribution in [1.82, 2.24) is 4.90 Å². The van der Waals surface area contributed by atoms with Crippen LogP contribution in [0.5, 0.6) is 5.75 Å². The molecule has 3 rings (SSSR count). The first kappa shape index (κ1) is 21.6. The van der Waals surface area contributed by atoms with E-state index in [1.807, 2.05) is 56.3 Å². The number of benzene rings is 2. The third-order valence-electron chi connectivity index (χ3n) is 4.58. The highest BCUT2D eigenvalue weighted by Gasteiger charge is 2.38. The number of rotatable bonds is 6. The number of hydrogen-bond donors (Lipinski definition) is 0. The lowest BCUT2D eigenvalue weighted by atomic mass is 10.0. The topological polar surface area (TPSA) is 55.8 Å². The predicted molar refractivity (Wildman–Crippen MR) is 118 cm³/mol. The fourth-order valence-corrected chi connectivity index (χ4v) is 4.42. The van der Waals surface area contributed by atoms with Crippen LogP contribution in [0, 0.1) is 5.92 Å². The number of cyclic esters (lactones) is 1. The van der Waals surface area contributed by atoms with E-state index in [0.717, 1.165) is 20.1 Å². The summed E-state index contributed by atoms with van der Waals surface area (Å²) < 4.78 is 12.5. The van der Waals surface area contributed by atoms with Crippen LogP contribution in [0.2, 0.25) is 0 Å². The lowest BCUT2D eigenvalue weighted by molar-refractivity contribution is -0.124. The van der Waals surface area contributed by atoms with Gasteiger partial charge in [0.25, 0.3) is 5.91 Å². The molecule has 0 radical (unpaired) electrons. The Hall–Kier alpha value is -2.12. The van der Waals surface area contributed by atoms with Gasteiger partial charge in [0, 0.05) is 6.08 Å². The van der Waals surface area contributed by atoms with Gasteiger partial charge in [0.15, 0.2) is 0 Å². The van der Waals surface area contributed by atoms with E-state index in [2.05, 4.69) is 31.9 Å². The minimum atomic E-state index is -0.592. The van der Waals surface area contributed by atoms with Crippen molar-refractivity contribution >= 4 is 49.9 Å². The quantitative estimate of drug-likeness (QED) is 0.449. The number of amides is 2. The van der Waals surface area contributed by atoms with Crippen LogP contribution in [-0.4, -0.2) is 29.5 Å². The predicted octanol–water partition coefficient (Wildman–Crippen LogP) is 5.81. The highest BCUT2D eigenvalue weighted by Crippen LogP contribution is 2.35. The van der Waals surface area contributed by atoms with Crippen molar-refractivity contribution in [2.45, 2.75) is 26.5 Å². The van der Waals surface area contributed by atoms with E-state index in [1.165, 1.54) is 11.0 Å². The second-order valence-electron chi connectivity index (χ2n) is 7.02. The van der Waals surface area contributed by atoms with Gasteiger partial charge in [-0.3, -0.25) is 4.79 Å². The van der Waals surface area contributed by atoms with Gasteiger partial charge in [-0.1, -0.05) is 44.2 Å². The maximum absolute atomic E-state index is 12.5. The summed E-state index contributed by atoms with van der Waals surface area (Å²) >= 11 is 7.05. The second kappa shape index (κ2) is 9.59. The van der Waals surface area contributed by atoms with E-state index in [9.17, 15) is 9.59 Å². The van der Waals surface area contributed by atoms with Gasteiger partial charge < -0.3 is 9.47 Å². The molecule has 2 amide bonds. The Morgan fingerprint density at radius 2 is 1.90 bits per heavy atom. The number of carbonyl (C=O) groups is 2. The molecule has 1 saturated heterocycles. The van der Waals surface area contributed by atoms with Crippen molar-refractivity contribution < 1.29 is 19.1 Å². The molecule has 2 aromatic rings. The molecule has 1 aliphatic heterocycles. The molecule has 1 fully saturated rings. The molecule has 0 saturated carbocycles. The van der Waals surface area contributed by atoms with E-state index in [1.54, 1.807) is 6.08 Å². The Balaban J connectivity index is 1.71. The molecule has 0 aromatic heterocycles. The number of ether oxygens (including phenoxy) is 2. The molecule has 152 valence electrons. The highest BCUT2D eigenvalue weighted by atomic mass is 79.9. The monoisotopic (exact) mass is 521 g/mol. The normalized spacial score (nSPS) is 16.5. The van der Waals surface area contributed by atoms with Crippen molar-refractivity contribution in [3.63, 3.8) is 0 Å². The van der Waals surface area contributed by atoms with E-state index < -0.39 is 6.09 Å². The van der Waals surface area contributed by atoms with Crippen LogP contribution in [0.15, 0.2) is 57.5 Å². The second-order valence-corrected chi connectivity index (χ2v) is 8.73. The van der Waals surface area contributed by atoms with Gasteiger partial charge in [-0.15, -0.1) is 0 Å².